The molecule has 0 N–H and O–H groups in total. The van der Waals surface area contributed by atoms with Gasteiger partial charge >= 0.3 is 0 Å². The Kier molecular flexibility index (Phi) is 3.69. The Labute approximate surface area is 146 Å². The van der Waals surface area contributed by atoms with Crippen LogP contribution in [0.4, 0.5) is 0 Å². The molecule has 25 heavy (non-hydrogen) atoms. The molecule has 0 amide bonds. The zero-order valence-electron chi connectivity index (χ0n) is 14.5. The summed E-state index contributed by atoms with van der Waals surface area (Å²) in [5.74, 6) is 3.33. The van der Waals surface area contributed by atoms with E-state index in [9.17, 15) is 4.79 Å². The second kappa shape index (κ2) is 6.05. The van der Waals surface area contributed by atoms with Crippen molar-refractivity contribution in [2.75, 3.05) is 13.1 Å². The fraction of sp³-hybridized carbons (Fsp3) is 0.667. The third kappa shape index (κ3) is 3.01. The number of aryl methyl sites for hydroxylation is 1. The predicted molar refractivity (Wildman–Crippen MR) is 92.2 cm³/mol. The Morgan fingerprint density at radius 1 is 1.12 bits per heavy atom. The van der Waals surface area contributed by atoms with Crippen molar-refractivity contribution in [1.82, 2.24) is 29.4 Å². The summed E-state index contributed by atoms with van der Waals surface area (Å²) in [6.45, 7) is 4.66. The van der Waals surface area contributed by atoms with E-state index >= 15 is 0 Å². The maximum Gasteiger partial charge on any atom is 0.266 e. The van der Waals surface area contributed by atoms with Gasteiger partial charge in [-0.15, -0.1) is 10.2 Å². The third-order valence-electron chi connectivity index (χ3n) is 5.65. The predicted octanol–water partition coefficient (Wildman–Crippen LogP) is 1.18. The van der Waals surface area contributed by atoms with Crippen molar-refractivity contribution in [1.29, 1.82) is 0 Å². The Morgan fingerprint density at radius 3 is 2.84 bits per heavy atom. The molecule has 4 heterocycles. The first-order valence-corrected chi connectivity index (χ1v) is 9.47. The number of fused-ring (bicyclic) bond motifs is 1. The van der Waals surface area contributed by atoms with Crippen LogP contribution in [0.25, 0.3) is 0 Å². The molecular weight excluding hydrogens is 316 g/mol. The highest BCUT2D eigenvalue weighted by molar-refractivity contribution is 5.12. The Balaban J connectivity index is 1.19. The summed E-state index contributed by atoms with van der Waals surface area (Å²) in [7, 11) is 0. The van der Waals surface area contributed by atoms with Gasteiger partial charge in [-0.1, -0.05) is 0 Å². The lowest BCUT2D eigenvalue weighted by Gasteiger charge is -2.39. The summed E-state index contributed by atoms with van der Waals surface area (Å²) in [5, 5.41) is 13.3. The topological polar surface area (TPSA) is 68.8 Å². The maximum atomic E-state index is 12.1. The monoisotopic (exact) mass is 340 g/mol. The quantitative estimate of drug-likeness (QED) is 0.817. The number of hydrogen-bond acceptors (Lipinski definition) is 5. The Hall–Kier alpha value is -2.02. The largest absolute Gasteiger partial charge is 0.314 e. The molecule has 132 valence electrons. The first-order valence-electron chi connectivity index (χ1n) is 9.47. The van der Waals surface area contributed by atoms with Gasteiger partial charge < -0.3 is 4.57 Å². The van der Waals surface area contributed by atoms with Crippen LogP contribution in [-0.4, -0.2) is 42.5 Å². The summed E-state index contributed by atoms with van der Waals surface area (Å²) in [5.41, 5.74) is 1.11. The van der Waals surface area contributed by atoms with E-state index in [0.29, 0.717) is 11.8 Å². The zero-order chi connectivity index (χ0) is 16.8. The zero-order valence-corrected chi connectivity index (χ0v) is 14.5. The molecule has 0 aromatic carbocycles. The highest BCUT2D eigenvalue weighted by Gasteiger charge is 2.30. The van der Waals surface area contributed by atoms with Gasteiger partial charge in [-0.3, -0.25) is 9.69 Å². The number of aromatic nitrogens is 5. The molecule has 1 aliphatic carbocycles. The minimum atomic E-state index is 0.0226. The molecule has 2 aliphatic heterocycles. The van der Waals surface area contributed by atoms with Crippen molar-refractivity contribution in [2.24, 2.45) is 5.92 Å². The molecule has 2 fully saturated rings. The van der Waals surface area contributed by atoms with Gasteiger partial charge in [0, 0.05) is 44.0 Å². The van der Waals surface area contributed by atoms with Gasteiger partial charge in [0.1, 0.15) is 11.6 Å². The smallest absolute Gasteiger partial charge is 0.266 e. The first kappa shape index (κ1) is 15.3. The van der Waals surface area contributed by atoms with E-state index in [1.54, 1.807) is 10.7 Å². The third-order valence-corrected chi connectivity index (χ3v) is 5.65. The Bertz CT molecular complexity index is 830. The van der Waals surface area contributed by atoms with Crippen LogP contribution in [0.5, 0.6) is 0 Å². The van der Waals surface area contributed by atoms with Crippen molar-refractivity contribution in [3.05, 3.63) is 39.8 Å². The summed E-state index contributed by atoms with van der Waals surface area (Å²) >= 11 is 0. The van der Waals surface area contributed by atoms with Gasteiger partial charge in [-0.25, -0.2) is 4.68 Å². The number of nitrogens with zero attached hydrogens (tertiary/aromatic N) is 6. The number of likely N-dealkylation sites (tertiary alicyclic amines) is 1. The van der Waals surface area contributed by atoms with E-state index in [4.69, 9.17) is 0 Å². The first-order chi connectivity index (χ1) is 12.3. The lowest BCUT2D eigenvalue weighted by atomic mass is 10.0. The molecule has 2 aromatic rings. The highest BCUT2D eigenvalue weighted by atomic mass is 16.1. The molecule has 1 saturated carbocycles. The van der Waals surface area contributed by atoms with E-state index in [2.05, 4.69) is 24.8 Å². The van der Waals surface area contributed by atoms with Crippen LogP contribution in [0.1, 0.15) is 48.9 Å². The molecule has 0 bridgehead atoms. The standard InChI is InChI=1S/C18H24N6O/c25-18-7-6-15(14-4-5-14)21-24(18)11-13-9-22(10-13)12-17-20-19-16-3-1-2-8-23(16)17/h6-7,13-14H,1-5,8-12H2. The molecule has 7 nitrogen and oxygen atoms in total. The van der Waals surface area contributed by atoms with E-state index in [-0.39, 0.29) is 5.56 Å². The van der Waals surface area contributed by atoms with Crippen LogP contribution >= 0.6 is 0 Å². The minimum absolute atomic E-state index is 0.0226. The van der Waals surface area contributed by atoms with Crippen LogP contribution in [0.3, 0.4) is 0 Å². The lowest BCUT2D eigenvalue weighted by Crippen LogP contribution is -2.49. The number of rotatable bonds is 5. The number of hydrogen-bond donors (Lipinski definition) is 0. The molecule has 5 rings (SSSR count). The summed E-state index contributed by atoms with van der Waals surface area (Å²) in [6, 6.07) is 3.58. The fourth-order valence-electron chi connectivity index (χ4n) is 4.04. The van der Waals surface area contributed by atoms with Gasteiger partial charge in [0.25, 0.3) is 5.56 Å². The average Bonchev–Trinajstić information content (AvgIpc) is 3.36. The molecule has 0 atom stereocenters. The normalized spacial score (nSPS) is 21.1. The van der Waals surface area contributed by atoms with Crippen molar-refractivity contribution >= 4 is 0 Å². The van der Waals surface area contributed by atoms with Crippen molar-refractivity contribution in [3.63, 3.8) is 0 Å². The average molecular weight is 340 g/mol. The van der Waals surface area contributed by atoms with Crippen molar-refractivity contribution in [2.45, 2.75) is 57.7 Å². The molecule has 0 radical (unpaired) electrons. The van der Waals surface area contributed by atoms with Crippen LogP contribution in [-0.2, 0) is 26.1 Å². The second-order valence-corrected chi connectivity index (χ2v) is 7.75. The summed E-state index contributed by atoms with van der Waals surface area (Å²) < 4.78 is 3.97. The molecule has 0 unspecified atom stereocenters. The van der Waals surface area contributed by atoms with Crippen LogP contribution in [0.2, 0.25) is 0 Å². The van der Waals surface area contributed by atoms with Crippen molar-refractivity contribution in [3.8, 4) is 0 Å². The second-order valence-electron chi connectivity index (χ2n) is 7.75. The maximum absolute atomic E-state index is 12.1. The van der Waals surface area contributed by atoms with Gasteiger partial charge in [0.05, 0.1) is 18.8 Å². The van der Waals surface area contributed by atoms with Gasteiger partial charge in [0.2, 0.25) is 0 Å². The summed E-state index contributed by atoms with van der Waals surface area (Å²) in [4.78, 5) is 14.4. The molecule has 7 heteroatoms. The van der Waals surface area contributed by atoms with Crippen LogP contribution in [0, 0.1) is 5.92 Å². The molecular formula is C18H24N6O. The molecule has 2 aromatic heterocycles. The van der Waals surface area contributed by atoms with Crippen LogP contribution < -0.4 is 5.56 Å². The van der Waals surface area contributed by atoms with E-state index in [1.165, 1.54) is 25.7 Å². The molecule has 1 saturated heterocycles. The fourth-order valence-corrected chi connectivity index (χ4v) is 4.04. The minimum Gasteiger partial charge on any atom is -0.314 e. The van der Waals surface area contributed by atoms with E-state index < -0.39 is 0 Å². The summed E-state index contributed by atoms with van der Waals surface area (Å²) in [6.07, 6.45) is 5.94. The van der Waals surface area contributed by atoms with E-state index in [1.807, 2.05) is 6.07 Å². The van der Waals surface area contributed by atoms with Crippen LogP contribution in [0.15, 0.2) is 16.9 Å². The molecule has 0 spiro atoms. The van der Waals surface area contributed by atoms with Gasteiger partial charge in [-0.2, -0.15) is 5.10 Å². The highest BCUT2D eigenvalue weighted by Crippen LogP contribution is 2.38. The Morgan fingerprint density at radius 2 is 2.00 bits per heavy atom. The van der Waals surface area contributed by atoms with Gasteiger partial charge in [-0.05, 0) is 31.7 Å². The SMILES string of the molecule is O=c1ccc(C2CC2)nn1CC1CN(Cc2nnc3n2CCCC3)C1. The lowest BCUT2D eigenvalue weighted by molar-refractivity contribution is 0.0724. The van der Waals surface area contributed by atoms with Crippen molar-refractivity contribution < 1.29 is 0 Å². The van der Waals surface area contributed by atoms with Gasteiger partial charge in [0.15, 0.2) is 0 Å². The molecule has 3 aliphatic rings. The van der Waals surface area contributed by atoms with E-state index in [0.717, 1.165) is 56.5 Å².